The molecule has 1 aliphatic rings. The zero-order valence-corrected chi connectivity index (χ0v) is 15.3. The van der Waals surface area contributed by atoms with E-state index in [0.717, 1.165) is 12.2 Å². The van der Waals surface area contributed by atoms with Gasteiger partial charge in [-0.1, -0.05) is 30.7 Å². The Morgan fingerprint density at radius 1 is 1.23 bits per heavy atom. The summed E-state index contributed by atoms with van der Waals surface area (Å²) in [6, 6.07) is 14.4. The maximum absolute atomic E-state index is 12.5. The van der Waals surface area contributed by atoms with Crippen molar-refractivity contribution < 1.29 is 14.3 Å². The lowest BCUT2D eigenvalue weighted by Crippen LogP contribution is -2.28. The van der Waals surface area contributed by atoms with Crippen LogP contribution in [0.5, 0.6) is 5.75 Å². The normalized spacial score (nSPS) is 16.6. The second-order valence-corrected chi connectivity index (χ2v) is 6.63. The van der Waals surface area contributed by atoms with Gasteiger partial charge in [-0.25, -0.2) is 0 Å². The number of benzene rings is 2. The molecule has 0 bridgehead atoms. The number of para-hydroxylation sites is 1. The third-order valence-corrected chi connectivity index (χ3v) is 4.55. The Balaban J connectivity index is 1.62. The van der Waals surface area contributed by atoms with E-state index in [1.165, 1.54) is 0 Å². The molecule has 0 saturated carbocycles. The summed E-state index contributed by atoms with van der Waals surface area (Å²) < 4.78 is 5.53. The number of anilines is 2. The fourth-order valence-electron chi connectivity index (χ4n) is 2.89. The fraction of sp³-hybridized carbons (Fsp3) is 0.300. The summed E-state index contributed by atoms with van der Waals surface area (Å²) in [4.78, 5) is 26.4. The molecule has 0 aromatic heterocycles. The zero-order chi connectivity index (χ0) is 18.5. The number of amides is 2. The first-order chi connectivity index (χ1) is 12.6. The Hall–Kier alpha value is -2.53. The van der Waals surface area contributed by atoms with Gasteiger partial charge in [-0.15, -0.1) is 0 Å². The van der Waals surface area contributed by atoms with E-state index in [9.17, 15) is 9.59 Å². The molecule has 0 spiro atoms. The molecule has 1 aliphatic heterocycles. The molecule has 1 N–H and O–H groups in total. The third-order valence-electron chi connectivity index (χ3n) is 4.23. The highest BCUT2D eigenvalue weighted by molar-refractivity contribution is 6.33. The van der Waals surface area contributed by atoms with Crippen LogP contribution in [0.2, 0.25) is 5.02 Å². The highest BCUT2D eigenvalue weighted by Crippen LogP contribution is 2.31. The number of halogens is 1. The summed E-state index contributed by atoms with van der Waals surface area (Å²) in [5.41, 5.74) is 1.33. The molecular weight excluding hydrogens is 352 g/mol. The molecule has 1 atom stereocenters. The van der Waals surface area contributed by atoms with Crippen molar-refractivity contribution in [1.29, 1.82) is 0 Å². The van der Waals surface area contributed by atoms with Crippen LogP contribution in [0.15, 0.2) is 48.5 Å². The van der Waals surface area contributed by atoms with E-state index in [1.807, 2.05) is 31.2 Å². The molecule has 136 valence electrons. The van der Waals surface area contributed by atoms with Crippen molar-refractivity contribution in [3.8, 4) is 5.75 Å². The molecule has 26 heavy (non-hydrogen) atoms. The summed E-state index contributed by atoms with van der Waals surface area (Å²) >= 11 is 6.17. The number of hydrogen-bond donors (Lipinski definition) is 1. The van der Waals surface area contributed by atoms with Gasteiger partial charge >= 0.3 is 0 Å². The molecule has 2 aromatic rings. The number of nitrogens with one attached hydrogen (secondary N) is 1. The summed E-state index contributed by atoms with van der Waals surface area (Å²) in [6.45, 7) is 3.03. The van der Waals surface area contributed by atoms with Gasteiger partial charge in [0, 0.05) is 18.7 Å². The molecular formula is C20H21ClN2O3. The van der Waals surface area contributed by atoms with Crippen LogP contribution < -0.4 is 15.0 Å². The van der Waals surface area contributed by atoms with Crippen molar-refractivity contribution >= 4 is 34.8 Å². The maximum atomic E-state index is 12.5. The van der Waals surface area contributed by atoms with Crippen molar-refractivity contribution in [3.63, 3.8) is 0 Å². The van der Waals surface area contributed by atoms with Gasteiger partial charge in [0.2, 0.25) is 11.8 Å². The molecule has 6 heteroatoms. The van der Waals surface area contributed by atoms with E-state index in [1.54, 1.807) is 29.2 Å². The molecule has 2 amide bonds. The Kier molecular flexibility index (Phi) is 5.78. The van der Waals surface area contributed by atoms with E-state index < -0.39 is 5.92 Å². The van der Waals surface area contributed by atoms with Crippen LogP contribution in [0, 0.1) is 5.92 Å². The SMILES string of the molecule is CCCOc1ccc(NC(=O)[C@@H]2CC(=O)N(c3ccccc3Cl)C2)cc1. The predicted octanol–water partition coefficient (Wildman–Crippen LogP) is 4.12. The molecule has 5 nitrogen and oxygen atoms in total. The summed E-state index contributed by atoms with van der Waals surface area (Å²) in [7, 11) is 0. The summed E-state index contributed by atoms with van der Waals surface area (Å²) in [6.07, 6.45) is 1.12. The van der Waals surface area contributed by atoms with E-state index in [4.69, 9.17) is 16.3 Å². The Morgan fingerprint density at radius 2 is 1.96 bits per heavy atom. The van der Waals surface area contributed by atoms with E-state index in [-0.39, 0.29) is 18.2 Å². The molecule has 0 unspecified atom stereocenters. The lowest BCUT2D eigenvalue weighted by molar-refractivity contribution is -0.122. The standard InChI is InChI=1S/C20H21ClN2O3/c1-2-11-26-16-9-7-15(8-10-16)22-20(25)14-12-19(24)23(13-14)18-6-4-3-5-17(18)21/h3-10,14H,2,11-13H2,1H3,(H,22,25)/t14-/m1/s1. The van der Waals surface area contributed by atoms with Crippen LogP contribution in [0.4, 0.5) is 11.4 Å². The van der Waals surface area contributed by atoms with Crippen molar-refractivity contribution in [1.82, 2.24) is 0 Å². The molecule has 2 aromatic carbocycles. The molecule has 3 rings (SSSR count). The predicted molar refractivity (Wildman–Crippen MR) is 103 cm³/mol. The Morgan fingerprint density at radius 3 is 2.65 bits per heavy atom. The van der Waals surface area contributed by atoms with Crippen molar-refractivity contribution in [2.24, 2.45) is 5.92 Å². The summed E-state index contributed by atoms with van der Waals surface area (Å²) in [5.74, 6) is 0.0947. The van der Waals surface area contributed by atoms with Crippen LogP contribution in [0.1, 0.15) is 19.8 Å². The van der Waals surface area contributed by atoms with Gasteiger partial charge in [0.25, 0.3) is 0 Å². The lowest BCUT2D eigenvalue weighted by Gasteiger charge is -2.18. The van der Waals surface area contributed by atoms with Crippen LogP contribution in [-0.4, -0.2) is 25.0 Å². The fourth-order valence-corrected chi connectivity index (χ4v) is 3.12. The largest absolute Gasteiger partial charge is 0.494 e. The number of ether oxygens (including phenoxy) is 1. The minimum atomic E-state index is -0.408. The Bertz CT molecular complexity index is 792. The minimum Gasteiger partial charge on any atom is -0.494 e. The third kappa shape index (κ3) is 4.17. The quantitative estimate of drug-likeness (QED) is 0.829. The highest BCUT2D eigenvalue weighted by atomic mass is 35.5. The number of rotatable bonds is 6. The molecule has 1 fully saturated rings. The monoisotopic (exact) mass is 372 g/mol. The first-order valence-electron chi connectivity index (χ1n) is 8.67. The maximum Gasteiger partial charge on any atom is 0.229 e. The van der Waals surface area contributed by atoms with E-state index in [2.05, 4.69) is 5.32 Å². The first kappa shape index (κ1) is 18.3. The number of hydrogen-bond acceptors (Lipinski definition) is 3. The molecule has 0 aliphatic carbocycles. The topological polar surface area (TPSA) is 58.6 Å². The van der Waals surface area contributed by atoms with Gasteiger partial charge in [-0.05, 0) is 42.8 Å². The van der Waals surface area contributed by atoms with Gasteiger partial charge < -0.3 is 15.0 Å². The average molecular weight is 373 g/mol. The van der Waals surface area contributed by atoms with Gasteiger partial charge in [0.05, 0.1) is 23.2 Å². The molecule has 1 saturated heterocycles. The number of carbonyl (C=O) groups is 2. The van der Waals surface area contributed by atoms with Gasteiger partial charge in [-0.3, -0.25) is 9.59 Å². The smallest absolute Gasteiger partial charge is 0.229 e. The van der Waals surface area contributed by atoms with Gasteiger partial charge in [0.1, 0.15) is 5.75 Å². The van der Waals surface area contributed by atoms with Crippen LogP contribution >= 0.6 is 11.6 Å². The zero-order valence-electron chi connectivity index (χ0n) is 14.6. The molecule has 0 radical (unpaired) electrons. The van der Waals surface area contributed by atoms with Crippen LogP contribution in [0.3, 0.4) is 0 Å². The number of nitrogens with zero attached hydrogens (tertiary/aromatic N) is 1. The average Bonchev–Trinajstić information content (AvgIpc) is 3.03. The molecule has 1 heterocycles. The Labute approximate surface area is 157 Å². The second kappa shape index (κ2) is 8.23. The first-order valence-corrected chi connectivity index (χ1v) is 9.05. The minimum absolute atomic E-state index is 0.0958. The number of carbonyl (C=O) groups excluding carboxylic acids is 2. The highest BCUT2D eigenvalue weighted by Gasteiger charge is 2.35. The van der Waals surface area contributed by atoms with E-state index >= 15 is 0 Å². The van der Waals surface area contributed by atoms with Crippen LogP contribution in [0.25, 0.3) is 0 Å². The van der Waals surface area contributed by atoms with Gasteiger partial charge in [0.15, 0.2) is 0 Å². The van der Waals surface area contributed by atoms with Crippen LogP contribution in [-0.2, 0) is 9.59 Å². The van der Waals surface area contributed by atoms with Crippen molar-refractivity contribution in [2.45, 2.75) is 19.8 Å². The van der Waals surface area contributed by atoms with Crippen molar-refractivity contribution in [2.75, 3.05) is 23.4 Å². The summed E-state index contributed by atoms with van der Waals surface area (Å²) in [5, 5.41) is 3.37. The van der Waals surface area contributed by atoms with E-state index in [0.29, 0.717) is 29.5 Å². The van der Waals surface area contributed by atoms with Crippen molar-refractivity contribution in [3.05, 3.63) is 53.6 Å². The second-order valence-electron chi connectivity index (χ2n) is 6.22. The lowest BCUT2D eigenvalue weighted by atomic mass is 10.1. The van der Waals surface area contributed by atoms with Gasteiger partial charge in [-0.2, -0.15) is 0 Å².